The van der Waals surface area contributed by atoms with Crippen molar-refractivity contribution >= 4 is 29.7 Å². The van der Waals surface area contributed by atoms with Crippen LogP contribution >= 0.6 is 11.8 Å². The number of carbonyl (C=O) groups excluding carboxylic acids is 3. The first-order valence-corrected chi connectivity index (χ1v) is 9.43. The van der Waals surface area contributed by atoms with Crippen LogP contribution in [0.1, 0.15) is 47.5 Å². The van der Waals surface area contributed by atoms with Crippen molar-refractivity contribution in [1.82, 2.24) is 10.6 Å². The van der Waals surface area contributed by atoms with Gasteiger partial charge in [0, 0.05) is 0 Å². The molecule has 0 aromatic rings. The zero-order valence-corrected chi connectivity index (χ0v) is 16.3. The molecular weight excluding hydrogens is 330 g/mol. The van der Waals surface area contributed by atoms with E-state index in [2.05, 4.69) is 10.6 Å². The zero-order chi connectivity index (χ0) is 18.9. The van der Waals surface area contributed by atoms with Gasteiger partial charge in [0.05, 0.1) is 0 Å². The van der Waals surface area contributed by atoms with Crippen LogP contribution in [0.4, 0.5) is 4.79 Å². The molecule has 0 spiro atoms. The standard InChI is InChI=1S/C16H31N3O4S/c1-10(2)9-12(19-15(22)23-16(3,4)5)14(21)18-11(13(17)20)7-8-24-6/h10-12H,7-9H2,1-6H3,(H2,17,20)(H,18,21)(H,19,22)/t11-,12+/m0/s1. The Kier molecular flexibility index (Phi) is 9.80. The van der Waals surface area contributed by atoms with Gasteiger partial charge in [0.1, 0.15) is 17.7 Å². The van der Waals surface area contributed by atoms with Crippen molar-refractivity contribution in [1.29, 1.82) is 0 Å². The number of rotatable bonds is 9. The summed E-state index contributed by atoms with van der Waals surface area (Å²) < 4.78 is 5.19. The maximum atomic E-state index is 12.5. The first kappa shape index (κ1) is 22.6. The number of hydrogen-bond donors (Lipinski definition) is 3. The number of alkyl carbamates (subject to hydrolysis) is 1. The molecule has 0 aromatic carbocycles. The zero-order valence-electron chi connectivity index (χ0n) is 15.5. The molecule has 24 heavy (non-hydrogen) atoms. The molecule has 8 heteroatoms. The van der Waals surface area contributed by atoms with E-state index in [0.717, 1.165) is 0 Å². The third-order valence-electron chi connectivity index (χ3n) is 2.99. The minimum atomic E-state index is -0.782. The minimum absolute atomic E-state index is 0.175. The molecule has 140 valence electrons. The molecule has 0 aliphatic carbocycles. The Bertz CT molecular complexity index is 436. The van der Waals surface area contributed by atoms with E-state index in [1.165, 1.54) is 0 Å². The summed E-state index contributed by atoms with van der Waals surface area (Å²) in [5.74, 6) is -0.145. The number of ether oxygens (including phenoxy) is 1. The van der Waals surface area contributed by atoms with Crippen LogP contribution in [0.2, 0.25) is 0 Å². The number of primary amides is 1. The van der Waals surface area contributed by atoms with Crippen molar-refractivity contribution in [3.05, 3.63) is 0 Å². The summed E-state index contributed by atoms with van der Waals surface area (Å²) in [4.78, 5) is 35.9. The molecule has 2 atom stereocenters. The highest BCUT2D eigenvalue weighted by Crippen LogP contribution is 2.10. The van der Waals surface area contributed by atoms with Crippen LogP contribution in [-0.2, 0) is 14.3 Å². The predicted molar refractivity (Wildman–Crippen MR) is 96.7 cm³/mol. The summed E-state index contributed by atoms with van der Waals surface area (Å²) in [5.41, 5.74) is 4.68. The molecule has 0 rings (SSSR count). The SMILES string of the molecule is CSCC[C@H](NC(=O)[C@@H](CC(C)C)NC(=O)OC(C)(C)C)C(N)=O. The number of carbonyl (C=O) groups is 3. The van der Waals surface area contributed by atoms with Gasteiger partial charge in [0.2, 0.25) is 11.8 Å². The van der Waals surface area contributed by atoms with Crippen molar-refractivity contribution in [2.24, 2.45) is 11.7 Å². The molecule has 0 fully saturated rings. The maximum absolute atomic E-state index is 12.5. The van der Waals surface area contributed by atoms with E-state index in [1.807, 2.05) is 20.1 Å². The van der Waals surface area contributed by atoms with E-state index in [9.17, 15) is 14.4 Å². The highest BCUT2D eigenvalue weighted by Gasteiger charge is 2.27. The minimum Gasteiger partial charge on any atom is -0.444 e. The summed E-state index contributed by atoms with van der Waals surface area (Å²) in [5, 5.41) is 5.20. The predicted octanol–water partition coefficient (Wildman–Crippen LogP) is 1.65. The van der Waals surface area contributed by atoms with Gasteiger partial charge in [-0.15, -0.1) is 0 Å². The fourth-order valence-corrected chi connectivity index (χ4v) is 2.42. The van der Waals surface area contributed by atoms with Crippen molar-refractivity contribution < 1.29 is 19.1 Å². The van der Waals surface area contributed by atoms with Gasteiger partial charge in [0.25, 0.3) is 0 Å². The lowest BCUT2D eigenvalue weighted by Gasteiger charge is -2.25. The summed E-state index contributed by atoms with van der Waals surface area (Å²) in [7, 11) is 0. The van der Waals surface area contributed by atoms with Crippen LogP contribution in [-0.4, -0.2) is 47.6 Å². The van der Waals surface area contributed by atoms with E-state index in [-0.39, 0.29) is 5.92 Å². The number of nitrogens with one attached hydrogen (secondary N) is 2. The van der Waals surface area contributed by atoms with Crippen LogP contribution in [0.15, 0.2) is 0 Å². The van der Waals surface area contributed by atoms with Gasteiger partial charge < -0.3 is 21.1 Å². The lowest BCUT2D eigenvalue weighted by atomic mass is 10.0. The van der Waals surface area contributed by atoms with Gasteiger partial charge in [-0.2, -0.15) is 11.8 Å². The molecule has 0 aromatic heterocycles. The molecule has 0 aliphatic heterocycles. The lowest BCUT2D eigenvalue weighted by molar-refractivity contribution is -0.128. The largest absolute Gasteiger partial charge is 0.444 e. The van der Waals surface area contributed by atoms with E-state index < -0.39 is 35.6 Å². The van der Waals surface area contributed by atoms with Gasteiger partial charge in [-0.25, -0.2) is 4.79 Å². The van der Waals surface area contributed by atoms with Crippen molar-refractivity contribution in [3.8, 4) is 0 Å². The monoisotopic (exact) mass is 361 g/mol. The first-order chi connectivity index (χ1) is 11.0. The summed E-state index contributed by atoms with van der Waals surface area (Å²) in [6.45, 7) is 9.12. The van der Waals surface area contributed by atoms with E-state index in [1.54, 1.807) is 32.5 Å². The number of amides is 3. The highest BCUT2D eigenvalue weighted by molar-refractivity contribution is 7.98. The van der Waals surface area contributed by atoms with Crippen LogP contribution in [0, 0.1) is 5.92 Å². The van der Waals surface area contributed by atoms with E-state index in [4.69, 9.17) is 10.5 Å². The maximum Gasteiger partial charge on any atom is 0.408 e. The van der Waals surface area contributed by atoms with Crippen molar-refractivity contribution in [3.63, 3.8) is 0 Å². The Hall–Kier alpha value is -1.44. The molecule has 0 saturated carbocycles. The molecule has 0 unspecified atom stereocenters. The van der Waals surface area contributed by atoms with Crippen LogP contribution in [0.3, 0.4) is 0 Å². The Labute approximate surface area is 148 Å². The topological polar surface area (TPSA) is 111 Å². The van der Waals surface area contributed by atoms with Gasteiger partial charge >= 0.3 is 6.09 Å². The van der Waals surface area contributed by atoms with Crippen molar-refractivity contribution in [2.45, 2.75) is 65.1 Å². The number of thioether (sulfide) groups is 1. The lowest BCUT2D eigenvalue weighted by Crippen LogP contribution is -2.54. The molecule has 0 bridgehead atoms. The fourth-order valence-electron chi connectivity index (χ4n) is 1.95. The number of nitrogens with two attached hydrogens (primary N) is 1. The second-order valence-corrected chi connectivity index (χ2v) is 8.06. The Morgan fingerprint density at radius 2 is 1.71 bits per heavy atom. The van der Waals surface area contributed by atoms with Gasteiger partial charge in [-0.1, -0.05) is 13.8 Å². The third-order valence-corrected chi connectivity index (χ3v) is 3.63. The van der Waals surface area contributed by atoms with Crippen molar-refractivity contribution in [2.75, 3.05) is 12.0 Å². The highest BCUT2D eigenvalue weighted by atomic mass is 32.2. The summed E-state index contributed by atoms with van der Waals surface area (Å²) in [6, 6.07) is -1.53. The molecule has 7 nitrogen and oxygen atoms in total. The number of hydrogen-bond acceptors (Lipinski definition) is 5. The Morgan fingerprint density at radius 1 is 1.12 bits per heavy atom. The Morgan fingerprint density at radius 3 is 2.12 bits per heavy atom. The molecule has 0 heterocycles. The van der Waals surface area contributed by atoms with Crippen LogP contribution in [0.25, 0.3) is 0 Å². The first-order valence-electron chi connectivity index (χ1n) is 8.04. The van der Waals surface area contributed by atoms with Gasteiger partial charge in [-0.3, -0.25) is 9.59 Å². The van der Waals surface area contributed by atoms with Crippen LogP contribution < -0.4 is 16.4 Å². The van der Waals surface area contributed by atoms with E-state index in [0.29, 0.717) is 18.6 Å². The average Bonchev–Trinajstić information content (AvgIpc) is 2.39. The molecule has 3 amide bonds. The Balaban J connectivity index is 4.92. The fraction of sp³-hybridized carbons (Fsp3) is 0.812. The average molecular weight is 362 g/mol. The second kappa shape index (κ2) is 10.4. The molecule has 0 radical (unpaired) electrons. The summed E-state index contributed by atoms with van der Waals surface area (Å²) in [6.07, 6.45) is 2.12. The van der Waals surface area contributed by atoms with Gasteiger partial charge in [-0.05, 0) is 51.5 Å². The smallest absolute Gasteiger partial charge is 0.408 e. The normalized spacial score (nSPS) is 14.0. The van der Waals surface area contributed by atoms with E-state index >= 15 is 0 Å². The molecule has 0 aliphatic rings. The van der Waals surface area contributed by atoms with Gasteiger partial charge in [0.15, 0.2) is 0 Å². The molecule has 4 N–H and O–H groups in total. The van der Waals surface area contributed by atoms with Crippen LogP contribution in [0.5, 0.6) is 0 Å². The quantitative estimate of drug-likeness (QED) is 0.578. The summed E-state index contributed by atoms with van der Waals surface area (Å²) >= 11 is 1.56. The molecular formula is C16H31N3O4S. The third kappa shape index (κ3) is 10.4. The molecule has 0 saturated heterocycles. The second-order valence-electron chi connectivity index (χ2n) is 7.07.